The molecule has 0 radical (unpaired) electrons. The molecule has 2 rings (SSSR count). The average Bonchev–Trinajstić information content (AvgIpc) is 2.31. The Balaban J connectivity index is 1.91. The summed E-state index contributed by atoms with van der Waals surface area (Å²) in [6, 6.07) is 9.01. The highest BCUT2D eigenvalue weighted by Crippen LogP contribution is 2.18. The van der Waals surface area contributed by atoms with Crippen LogP contribution >= 0.6 is 11.6 Å². The van der Waals surface area contributed by atoms with Crippen molar-refractivity contribution in [1.29, 1.82) is 0 Å². The monoisotopic (exact) mass is 239 g/mol. The normalized spacial score (nSPS) is 19.6. The molecule has 1 fully saturated rings. The summed E-state index contributed by atoms with van der Waals surface area (Å²) >= 11 is 5.87. The lowest BCUT2D eigenvalue weighted by Gasteiger charge is -2.27. The summed E-state index contributed by atoms with van der Waals surface area (Å²) in [5.41, 5.74) is 1.29. The van der Waals surface area contributed by atoms with Gasteiger partial charge in [-0.25, -0.2) is 0 Å². The van der Waals surface area contributed by atoms with Gasteiger partial charge in [0.25, 0.3) is 0 Å². The van der Waals surface area contributed by atoms with Gasteiger partial charge in [-0.3, -0.25) is 0 Å². The fraction of sp³-hybridized carbons (Fsp3) is 0.538. The summed E-state index contributed by atoms with van der Waals surface area (Å²) in [6.45, 7) is 3.95. The third-order valence-corrected chi connectivity index (χ3v) is 3.33. The van der Waals surface area contributed by atoms with E-state index in [4.69, 9.17) is 16.3 Å². The van der Waals surface area contributed by atoms with Gasteiger partial charge in [-0.15, -0.1) is 0 Å². The van der Waals surface area contributed by atoms with E-state index in [0.717, 1.165) is 31.1 Å². The first kappa shape index (κ1) is 11.9. The van der Waals surface area contributed by atoms with Crippen LogP contribution < -0.4 is 5.32 Å². The summed E-state index contributed by atoms with van der Waals surface area (Å²) in [7, 11) is 0. The fourth-order valence-electron chi connectivity index (χ4n) is 2.07. The maximum atomic E-state index is 5.87. The Morgan fingerprint density at radius 1 is 1.25 bits per heavy atom. The topological polar surface area (TPSA) is 21.3 Å². The van der Waals surface area contributed by atoms with Crippen LogP contribution in [0.1, 0.15) is 31.4 Å². The lowest BCUT2D eigenvalue weighted by Crippen LogP contribution is -2.36. The average molecular weight is 240 g/mol. The lowest BCUT2D eigenvalue weighted by atomic mass is 10.0. The number of hydrogen-bond donors (Lipinski definition) is 1. The lowest BCUT2D eigenvalue weighted by molar-refractivity contribution is 0.0754. The number of hydrogen-bond acceptors (Lipinski definition) is 2. The zero-order chi connectivity index (χ0) is 11.4. The summed E-state index contributed by atoms with van der Waals surface area (Å²) in [4.78, 5) is 0. The van der Waals surface area contributed by atoms with Crippen LogP contribution in [0.25, 0.3) is 0 Å². The molecule has 0 saturated carbocycles. The maximum absolute atomic E-state index is 5.87. The van der Waals surface area contributed by atoms with Crippen LogP contribution in [0.15, 0.2) is 24.3 Å². The second-order valence-electron chi connectivity index (χ2n) is 4.33. The second-order valence-corrected chi connectivity index (χ2v) is 4.76. The van der Waals surface area contributed by atoms with Gasteiger partial charge in [-0.05, 0) is 37.5 Å². The molecule has 1 aromatic carbocycles. The van der Waals surface area contributed by atoms with Crippen molar-refractivity contribution in [3.8, 4) is 0 Å². The minimum Gasteiger partial charge on any atom is -0.381 e. The Morgan fingerprint density at radius 3 is 2.50 bits per heavy atom. The summed E-state index contributed by atoms with van der Waals surface area (Å²) in [6.07, 6.45) is 2.22. The molecule has 1 saturated heterocycles. The Labute approximate surface area is 102 Å². The first-order valence-corrected chi connectivity index (χ1v) is 6.23. The van der Waals surface area contributed by atoms with Crippen molar-refractivity contribution in [1.82, 2.24) is 5.32 Å². The minimum absolute atomic E-state index is 0.375. The highest BCUT2D eigenvalue weighted by atomic mass is 35.5. The third-order valence-electron chi connectivity index (χ3n) is 3.08. The molecule has 0 spiro atoms. The van der Waals surface area contributed by atoms with Crippen LogP contribution in [0.4, 0.5) is 0 Å². The van der Waals surface area contributed by atoms with Gasteiger partial charge < -0.3 is 10.1 Å². The molecule has 0 amide bonds. The van der Waals surface area contributed by atoms with Crippen molar-refractivity contribution >= 4 is 11.6 Å². The van der Waals surface area contributed by atoms with Gasteiger partial charge >= 0.3 is 0 Å². The van der Waals surface area contributed by atoms with E-state index < -0.39 is 0 Å². The molecular formula is C13H18ClNO. The van der Waals surface area contributed by atoms with E-state index >= 15 is 0 Å². The largest absolute Gasteiger partial charge is 0.381 e. The van der Waals surface area contributed by atoms with E-state index in [1.54, 1.807) is 0 Å². The Morgan fingerprint density at radius 2 is 1.88 bits per heavy atom. The third kappa shape index (κ3) is 3.21. The molecule has 1 aliphatic heterocycles. The molecule has 0 aliphatic carbocycles. The van der Waals surface area contributed by atoms with Crippen molar-refractivity contribution in [3.05, 3.63) is 34.9 Å². The molecule has 1 heterocycles. The van der Waals surface area contributed by atoms with E-state index in [0.29, 0.717) is 12.1 Å². The fourth-order valence-corrected chi connectivity index (χ4v) is 2.19. The molecule has 1 aliphatic rings. The zero-order valence-corrected chi connectivity index (χ0v) is 10.3. The van der Waals surface area contributed by atoms with Crippen LogP contribution in [0.5, 0.6) is 0 Å². The molecule has 0 bridgehead atoms. The van der Waals surface area contributed by atoms with Crippen molar-refractivity contribution in [2.24, 2.45) is 0 Å². The molecule has 1 aromatic rings. The van der Waals surface area contributed by atoms with E-state index in [2.05, 4.69) is 24.4 Å². The maximum Gasteiger partial charge on any atom is 0.0480 e. The van der Waals surface area contributed by atoms with Gasteiger partial charge in [0, 0.05) is 30.3 Å². The molecule has 2 nitrogen and oxygen atoms in total. The van der Waals surface area contributed by atoms with Crippen LogP contribution in [-0.4, -0.2) is 19.3 Å². The smallest absolute Gasteiger partial charge is 0.0480 e. The van der Waals surface area contributed by atoms with Crippen molar-refractivity contribution in [3.63, 3.8) is 0 Å². The Bertz CT molecular complexity index is 319. The van der Waals surface area contributed by atoms with E-state index in [-0.39, 0.29) is 0 Å². The zero-order valence-electron chi connectivity index (χ0n) is 9.58. The predicted octanol–water partition coefficient (Wildman–Crippen LogP) is 3.17. The number of rotatable bonds is 3. The number of ether oxygens (including phenoxy) is 1. The first-order valence-electron chi connectivity index (χ1n) is 5.85. The summed E-state index contributed by atoms with van der Waals surface area (Å²) < 4.78 is 5.35. The van der Waals surface area contributed by atoms with Crippen LogP contribution in [0, 0.1) is 0 Å². The highest BCUT2D eigenvalue weighted by Gasteiger charge is 2.16. The second kappa shape index (κ2) is 5.67. The first-order chi connectivity index (χ1) is 7.75. The van der Waals surface area contributed by atoms with Crippen molar-refractivity contribution < 1.29 is 4.74 Å². The van der Waals surface area contributed by atoms with Crippen LogP contribution in [0.3, 0.4) is 0 Å². The molecule has 1 atom stereocenters. The minimum atomic E-state index is 0.375. The van der Waals surface area contributed by atoms with Gasteiger partial charge in [0.2, 0.25) is 0 Å². The molecule has 0 unspecified atom stereocenters. The standard InChI is InChI=1S/C13H18ClNO/c1-10(11-2-4-12(14)5-3-11)15-13-6-8-16-9-7-13/h2-5,10,13,15H,6-9H2,1H3/t10-/m1/s1. The number of nitrogens with one attached hydrogen (secondary N) is 1. The summed E-state index contributed by atoms with van der Waals surface area (Å²) in [5.74, 6) is 0. The van der Waals surface area contributed by atoms with E-state index in [1.165, 1.54) is 5.56 Å². The molecular weight excluding hydrogens is 222 g/mol. The SMILES string of the molecule is C[C@@H](NC1CCOCC1)c1ccc(Cl)cc1. The molecule has 1 N–H and O–H groups in total. The quantitative estimate of drug-likeness (QED) is 0.875. The molecule has 88 valence electrons. The number of halogens is 1. The van der Waals surface area contributed by atoms with Gasteiger partial charge in [0.15, 0.2) is 0 Å². The highest BCUT2D eigenvalue weighted by molar-refractivity contribution is 6.30. The van der Waals surface area contributed by atoms with E-state index in [1.807, 2.05) is 12.1 Å². The Hall–Kier alpha value is -0.570. The molecule has 3 heteroatoms. The molecule has 16 heavy (non-hydrogen) atoms. The van der Waals surface area contributed by atoms with Gasteiger partial charge in [-0.1, -0.05) is 23.7 Å². The predicted molar refractivity (Wildman–Crippen MR) is 66.8 cm³/mol. The Kier molecular flexibility index (Phi) is 4.22. The summed E-state index contributed by atoms with van der Waals surface area (Å²) in [5, 5.41) is 4.43. The van der Waals surface area contributed by atoms with Crippen molar-refractivity contribution in [2.45, 2.75) is 31.8 Å². The van der Waals surface area contributed by atoms with Crippen LogP contribution in [-0.2, 0) is 4.74 Å². The van der Waals surface area contributed by atoms with E-state index in [9.17, 15) is 0 Å². The molecule has 0 aromatic heterocycles. The number of benzene rings is 1. The van der Waals surface area contributed by atoms with Gasteiger partial charge in [0.05, 0.1) is 0 Å². The van der Waals surface area contributed by atoms with Gasteiger partial charge in [0.1, 0.15) is 0 Å². The van der Waals surface area contributed by atoms with Crippen molar-refractivity contribution in [2.75, 3.05) is 13.2 Å². The van der Waals surface area contributed by atoms with Gasteiger partial charge in [-0.2, -0.15) is 0 Å². The van der Waals surface area contributed by atoms with Crippen LogP contribution in [0.2, 0.25) is 5.02 Å².